The summed E-state index contributed by atoms with van der Waals surface area (Å²) in [5.74, 6) is 1.17. The highest BCUT2D eigenvalue weighted by Crippen LogP contribution is 2.24. The lowest BCUT2D eigenvalue weighted by atomic mass is 9.86. The molecule has 6 nitrogen and oxygen atoms in total. The number of carbonyl (C=O) groups is 2. The highest BCUT2D eigenvalue weighted by atomic mass is 16.5. The van der Waals surface area contributed by atoms with E-state index in [1.54, 1.807) is 24.3 Å². The highest BCUT2D eigenvalue weighted by Gasteiger charge is 2.30. The Morgan fingerprint density at radius 2 is 2.00 bits per heavy atom. The van der Waals surface area contributed by atoms with Crippen molar-refractivity contribution in [2.45, 2.75) is 12.8 Å². The molecule has 2 N–H and O–H groups in total. The van der Waals surface area contributed by atoms with E-state index < -0.39 is 11.9 Å². The predicted octanol–water partition coefficient (Wildman–Crippen LogP) is 1.56. The molecule has 0 bridgehead atoms. The summed E-state index contributed by atoms with van der Waals surface area (Å²) in [6.07, 6.45) is 6.52. The van der Waals surface area contributed by atoms with E-state index in [0.717, 1.165) is 0 Å². The minimum Gasteiger partial charge on any atom is -0.481 e. The molecule has 1 aromatic rings. The van der Waals surface area contributed by atoms with Crippen molar-refractivity contribution in [1.82, 2.24) is 5.32 Å². The normalized spacial score (nSPS) is 16.0. The van der Waals surface area contributed by atoms with Gasteiger partial charge in [-0.15, -0.1) is 6.42 Å². The molecular weight excluding hydrogens is 310 g/mol. The third-order valence-electron chi connectivity index (χ3n) is 4.07. The largest absolute Gasteiger partial charge is 0.481 e. The number of nitrogens with one attached hydrogen (secondary N) is 1. The van der Waals surface area contributed by atoms with E-state index in [2.05, 4.69) is 11.2 Å². The van der Waals surface area contributed by atoms with Gasteiger partial charge in [0, 0.05) is 25.3 Å². The molecule has 1 saturated heterocycles. The summed E-state index contributed by atoms with van der Waals surface area (Å²) in [6, 6.07) is 6.54. The van der Waals surface area contributed by atoms with Crippen LogP contribution < -0.4 is 10.1 Å². The van der Waals surface area contributed by atoms with E-state index in [-0.39, 0.29) is 25.0 Å². The van der Waals surface area contributed by atoms with Gasteiger partial charge in [0.05, 0.1) is 5.92 Å². The van der Waals surface area contributed by atoms with Crippen molar-refractivity contribution in [3.05, 3.63) is 29.8 Å². The van der Waals surface area contributed by atoms with E-state index in [4.69, 9.17) is 15.9 Å². The summed E-state index contributed by atoms with van der Waals surface area (Å²) in [5.41, 5.74) is 0.444. The Hall–Kier alpha value is -2.52. The molecule has 1 aliphatic heterocycles. The molecule has 6 heteroatoms. The van der Waals surface area contributed by atoms with E-state index in [0.29, 0.717) is 37.4 Å². The molecule has 1 aliphatic rings. The molecule has 1 fully saturated rings. The summed E-state index contributed by atoms with van der Waals surface area (Å²) in [6.45, 7) is 1.41. The first-order valence-electron chi connectivity index (χ1n) is 7.87. The second-order valence-electron chi connectivity index (χ2n) is 5.62. The Labute approximate surface area is 141 Å². The van der Waals surface area contributed by atoms with Crippen molar-refractivity contribution in [3.8, 4) is 18.1 Å². The van der Waals surface area contributed by atoms with Crippen molar-refractivity contribution in [2.24, 2.45) is 11.8 Å². The van der Waals surface area contributed by atoms with Crippen molar-refractivity contribution in [2.75, 3.05) is 26.4 Å². The number of carbonyl (C=O) groups excluding carboxylic acids is 1. The zero-order valence-electron chi connectivity index (χ0n) is 13.4. The summed E-state index contributed by atoms with van der Waals surface area (Å²) < 4.78 is 10.5. The van der Waals surface area contributed by atoms with E-state index >= 15 is 0 Å². The lowest BCUT2D eigenvalue weighted by molar-refractivity contribution is -0.144. The van der Waals surface area contributed by atoms with Gasteiger partial charge in [0.1, 0.15) is 12.4 Å². The number of ether oxygens (including phenoxy) is 2. The molecule has 1 unspecified atom stereocenters. The van der Waals surface area contributed by atoms with Gasteiger partial charge in [-0.1, -0.05) is 5.92 Å². The zero-order chi connectivity index (χ0) is 17.4. The number of hydrogen-bond donors (Lipinski definition) is 2. The van der Waals surface area contributed by atoms with Crippen LogP contribution in [-0.4, -0.2) is 43.3 Å². The van der Waals surface area contributed by atoms with Gasteiger partial charge in [-0.05, 0) is 43.0 Å². The molecule has 1 heterocycles. The molecule has 24 heavy (non-hydrogen) atoms. The fourth-order valence-corrected chi connectivity index (χ4v) is 2.71. The van der Waals surface area contributed by atoms with Crippen LogP contribution in [0.2, 0.25) is 0 Å². The Morgan fingerprint density at radius 3 is 2.58 bits per heavy atom. The standard InChI is InChI=1S/C18H21NO5/c1-2-9-24-15-5-3-14(4-6-15)17(20)19-12-16(18(21)22)13-7-10-23-11-8-13/h1,3-6,13,16H,7-12H2,(H,19,20)(H,21,22). The third kappa shape index (κ3) is 5.00. The molecule has 2 rings (SSSR count). The van der Waals surface area contributed by atoms with E-state index in [1.807, 2.05) is 0 Å². The first-order valence-corrected chi connectivity index (χ1v) is 7.87. The van der Waals surface area contributed by atoms with Crippen LogP contribution in [0.25, 0.3) is 0 Å². The average Bonchev–Trinajstić information content (AvgIpc) is 2.61. The van der Waals surface area contributed by atoms with Gasteiger partial charge in [-0.3, -0.25) is 9.59 Å². The smallest absolute Gasteiger partial charge is 0.308 e. The van der Waals surface area contributed by atoms with Gasteiger partial charge < -0.3 is 19.9 Å². The SMILES string of the molecule is C#CCOc1ccc(C(=O)NCC(C(=O)O)C2CCOCC2)cc1. The molecule has 128 valence electrons. The number of carboxylic acids is 1. The van der Waals surface area contributed by atoms with Crippen molar-refractivity contribution in [1.29, 1.82) is 0 Å². The Morgan fingerprint density at radius 1 is 1.33 bits per heavy atom. The first kappa shape index (κ1) is 17.8. The van der Waals surface area contributed by atoms with Crippen molar-refractivity contribution in [3.63, 3.8) is 0 Å². The lowest BCUT2D eigenvalue weighted by Gasteiger charge is -2.27. The van der Waals surface area contributed by atoms with Crippen LogP contribution in [0, 0.1) is 24.2 Å². The molecule has 0 spiro atoms. The number of terminal acetylenes is 1. The summed E-state index contributed by atoms with van der Waals surface area (Å²) in [4.78, 5) is 23.6. The van der Waals surface area contributed by atoms with Gasteiger partial charge in [-0.2, -0.15) is 0 Å². The predicted molar refractivity (Wildman–Crippen MR) is 87.8 cm³/mol. The molecular formula is C18H21NO5. The third-order valence-corrected chi connectivity index (χ3v) is 4.07. The number of carboxylic acid groups (broad SMARTS) is 1. The molecule has 1 atom stereocenters. The second kappa shape index (κ2) is 8.94. The van der Waals surface area contributed by atoms with Crippen LogP contribution in [0.1, 0.15) is 23.2 Å². The Balaban J connectivity index is 1.90. The summed E-state index contributed by atoms with van der Waals surface area (Å²) in [7, 11) is 0. The number of hydrogen-bond acceptors (Lipinski definition) is 4. The molecule has 1 amide bonds. The van der Waals surface area contributed by atoms with Gasteiger partial charge in [0.2, 0.25) is 0 Å². The van der Waals surface area contributed by atoms with Crippen molar-refractivity contribution < 1.29 is 24.2 Å². The molecule has 0 aliphatic carbocycles. The number of aliphatic carboxylic acids is 1. The maximum Gasteiger partial charge on any atom is 0.308 e. The first-order chi connectivity index (χ1) is 11.6. The van der Waals surface area contributed by atoms with Crippen LogP contribution in [0.15, 0.2) is 24.3 Å². The average molecular weight is 331 g/mol. The Kier molecular flexibility index (Phi) is 6.64. The maximum atomic E-state index is 12.2. The van der Waals surface area contributed by atoms with Crippen LogP contribution in [0.4, 0.5) is 0 Å². The summed E-state index contributed by atoms with van der Waals surface area (Å²) in [5, 5.41) is 12.1. The number of amides is 1. The molecule has 1 aromatic carbocycles. The van der Waals surface area contributed by atoms with Gasteiger partial charge in [0.25, 0.3) is 5.91 Å². The minimum absolute atomic E-state index is 0.0242. The minimum atomic E-state index is -0.889. The van der Waals surface area contributed by atoms with Gasteiger partial charge in [-0.25, -0.2) is 0 Å². The van der Waals surface area contributed by atoms with Crippen LogP contribution in [0.3, 0.4) is 0 Å². The molecule has 0 radical (unpaired) electrons. The maximum absolute atomic E-state index is 12.2. The fraction of sp³-hybridized carbons (Fsp3) is 0.444. The number of rotatable bonds is 7. The molecule has 0 aromatic heterocycles. The topological polar surface area (TPSA) is 84.9 Å². The fourth-order valence-electron chi connectivity index (χ4n) is 2.71. The summed E-state index contributed by atoms with van der Waals surface area (Å²) >= 11 is 0. The van der Waals surface area contributed by atoms with E-state index in [1.165, 1.54) is 0 Å². The second-order valence-corrected chi connectivity index (χ2v) is 5.62. The zero-order valence-corrected chi connectivity index (χ0v) is 13.4. The van der Waals surface area contributed by atoms with Gasteiger partial charge in [0.15, 0.2) is 0 Å². The molecule has 0 saturated carbocycles. The monoisotopic (exact) mass is 331 g/mol. The van der Waals surface area contributed by atoms with E-state index in [9.17, 15) is 14.7 Å². The van der Waals surface area contributed by atoms with Crippen LogP contribution in [0.5, 0.6) is 5.75 Å². The lowest BCUT2D eigenvalue weighted by Crippen LogP contribution is -2.38. The Bertz CT molecular complexity index is 599. The number of benzene rings is 1. The highest BCUT2D eigenvalue weighted by molar-refractivity contribution is 5.94. The van der Waals surface area contributed by atoms with Gasteiger partial charge >= 0.3 is 5.97 Å². The van der Waals surface area contributed by atoms with Crippen LogP contribution >= 0.6 is 0 Å². The van der Waals surface area contributed by atoms with Crippen LogP contribution in [-0.2, 0) is 9.53 Å². The van der Waals surface area contributed by atoms with Crippen molar-refractivity contribution >= 4 is 11.9 Å². The quantitative estimate of drug-likeness (QED) is 0.741.